The fraction of sp³-hybridized carbons (Fsp3) is 0.286. The highest BCUT2D eigenvalue weighted by molar-refractivity contribution is 5.85. The lowest BCUT2D eigenvalue weighted by molar-refractivity contribution is 0.0690. The second-order valence-corrected chi connectivity index (χ2v) is 4.57. The summed E-state index contributed by atoms with van der Waals surface area (Å²) >= 11 is 0. The van der Waals surface area contributed by atoms with Gasteiger partial charge in [0.25, 0.3) is 0 Å². The number of imidazole rings is 1. The molecule has 106 valence electrons. The SMILES string of the molecule is CC(C)n1cc(C(=O)O)nc1COc1ccccc1F. The van der Waals surface area contributed by atoms with Crippen LogP contribution in [0, 0.1) is 5.82 Å². The molecule has 0 saturated heterocycles. The van der Waals surface area contributed by atoms with E-state index in [-0.39, 0.29) is 24.1 Å². The molecule has 5 nitrogen and oxygen atoms in total. The number of ether oxygens (including phenoxy) is 1. The Morgan fingerprint density at radius 3 is 2.75 bits per heavy atom. The number of para-hydroxylation sites is 1. The van der Waals surface area contributed by atoms with E-state index < -0.39 is 11.8 Å². The van der Waals surface area contributed by atoms with Gasteiger partial charge in [-0.05, 0) is 26.0 Å². The summed E-state index contributed by atoms with van der Waals surface area (Å²) in [6, 6.07) is 6.08. The van der Waals surface area contributed by atoms with E-state index in [0.717, 1.165) is 0 Å². The number of carboxylic acids is 1. The van der Waals surface area contributed by atoms with Crippen LogP contribution >= 0.6 is 0 Å². The highest BCUT2D eigenvalue weighted by Crippen LogP contribution is 2.18. The Morgan fingerprint density at radius 2 is 2.15 bits per heavy atom. The highest BCUT2D eigenvalue weighted by atomic mass is 19.1. The third-order valence-corrected chi connectivity index (χ3v) is 2.78. The van der Waals surface area contributed by atoms with E-state index in [2.05, 4.69) is 4.98 Å². The van der Waals surface area contributed by atoms with Gasteiger partial charge in [0.2, 0.25) is 0 Å². The Morgan fingerprint density at radius 1 is 1.45 bits per heavy atom. The summed E-state index contributed by atoms with van der Waals surface area (Å²) in [5, 5.41) is 8.96. The third-order valence-electron chi connectivity index (χ3n) is 2.78. The minimum Gasteiger partial charge on any atom is -0.483 e. The molecule has 0 aliphatic heterocycles. The van der Waals surface area contributed by atoms with E-state index in [1.165, 1.54) is 18.3 Å². The van der Waals surface area contributed by atoms with Gasteiger partial charge in [-0.1, -0.05) is 12.1 Å². The molecule has 2 aromatic rings. The minimum atomic E-state index is -1.10. The topological polar surface area (TPSA) is 64.4 Å². The van der Waals surface area contributed by atoms with E-state index >= 15 is 0 Å². The summed E-state index contributed by atoms with van der Waals surface area (Å²) in [7, 11) is 0. The number of aromatic carboxylic acids is 1. The number of carbonyl (C=O) groups is 1. The maximum absolute atomic E-state index is 13.4. The van der Waals surface area contributed by atoms with Crippen LogP contribution in [0.2, 0.25) is 0 Å². The van der Waals surface area contributed by atoms with Gasteiger partial charge in [-0.3, -0.25) is 0 Å². The Labute approximate surface area is 115 Å². The zero-order chi connectivity index (χ0) is 14.7. The van der Waals surface area contributed by atoms with Crippen molar-refractivity contribution in [2.75, 3.05) is 0 Å². The summed E-state index contributed by atoms with van der Waals surface area (Å²) in [5.41, 5.74) is -0.0502. The molecule has 1 aromatic heterocycles. The molecular weight excluding hydrogens is 263 g/mol. The number of halogens is 1. The van der Waals surface area contributed by atoms with Crippen LogP contribution < -0.4 is 4.74 Å². The Hall–Kier alpha value is -2.37. The third kappa shape index (κ3) is 2.96. The molecule has 1 aromatic carbocycles. The van der Waals surface area contributed by atoms with Crippen LogP contribution in [0.4, 0.5) is 4.39 Å². The van der Waals surface area contributed by atoms with Crippen molar-refractivity contribution in [3.63, 3.8) is 0 Å². The number of rotatable bonds is 5. The first-order valence-corrected chi connectivity index (χ1v) is 6.17. The average Bonchev–Trinajstić information content (AvgIpc) is 2.82. The molecule has 0 radical (unpaired) electrons. The largest absolute Gasteiger partial charge is 0.483 e. The molecule has 0 amide bonds. The minimum absolute atomic E-state index is 0.00634. The van der Waals surface area contributed by atoms with E-state index in [1.807, 2.05) is 13.8 Å². The Balaban J connectivity index is 2.20. The molecule has 20 heavy (non-hydrogen) atoms. The quantitative estimate of drug-likeness (QED) is 0.913. The van der Waals surface area contributed by atoms with E-state index in [4.69, 9.17) is 9.84 Å². The van der Waals surface area contributed by atoms with Crippen molar-refractivity contribution in [3.8, 4) is 5.75 Å². The maximum Gasteiger partial charge on any atom is 0.356 e. The molecule has 1 heterocycles. The summed E-state index contributed by atoms with van der Waals surface area (Å²) in [4.78, 5) is 14.9. The summed E-state index contributed by atoms with van der Waals surface area (Å²) in [6.07, 6.45) is 1.45. The van der Waals surface area contributed by atoms with Crippen LogP contribution in [0.15, 0.2) is 30.5 Å². The van der Waals surface area contributed by atoms with Gasteiger partial charge in [0.15, 0.2) is 17.3 Å². The van der Waals surface area contributed by atoms with Gasteiger partial charge in [-0.2, -0.15) is 0 Å². The van der Waals surface area contributed by atoms with Crippen molar-refractivity contribution in [2.45, 2.75) is 26.5 Å². The summed E-state index contributed by atoms with van der Waals surface area (Å²) in [6.45, 7) is 3.81. The molecule has 0 aliphatic carbocycles. The van der Waals surface area contributed by atoms with Gasteiger partial charge in [0.1, 0.15) is 12.4 Å². The van der Waals surface area contributed by atoms with E-state index in [9.17, 15) is 9.18 Å². The van der Waals surface area contributed by atoms with E-state index in [1.54, 1.807) is 16.7 Å². The smallest absolute Gasteiger partial charge is 0.356 e. The van der Waals surface area contributed by atoms with Crippen molar-refractivity contribution in [3.05, 3.63) is 47.8 Å². The van der Waals surface area contributed by atoms with Gasteiger partial charge in [-0.25, -0.2) is 14.2 Å². The lowest BCUT2D eigenvalue weighted by atomic mass is 10.3. The van der Waals surface area contributed by atoms with Crippen molar-refractivity contribution in [2.24, 2.45) is 0 Å². The van der Waals surface area contributed by atoms with Crippen LogP contribution in [0.25, 0.3) is 0 Å². The molecule has 0 fully saturated rings. The van der Waals surface area contributed by atoms with Crippen LogP contribution in [-0.4, -0.2) is 20.6 Å². The monoisotopic (exact) mass is 278 g/mol. The van der Waals surface area contributed by atoms with Gasteiger partial charge in [0, 0.05) is 12.2 Å². The van der Waals surface area contributed by atoms with Crippen LogP contribution in [0.3, 0.4) is 0 Å². The van der Waals surface area contributed by atoms with Crippen LogP contribution in [0.5, 0.6) is 5.75 Å². The molecule has 0 aliphatic rings. The standard InChI is InChI=1S/C14H15FN2O3/c1-9(2)17-7-11(14(18)19)16-13(17)8-20-12-6-4-3-5-10(12)15/h3-7,9H,8H2,1-2H3,(H,18,19). The Kier molecular flexibility index (Phi) is 4.02. The van der Waals surface area contributed by atoms with E-state index in [0.29, 0.717) is 5.82 Å². The maximum atomic E-state index is 13.4. The van der Waals surface area contributed by atoms with Crippen LogP contribution in [-0.2, 0) is 6.61 Å². The number of aromatic nitrogens is 2. The fourth-order valence-corrected chi connectivity index (χ4v) is 1.79. The second kappa shape index (κ2) is 5.73. The highest BCUT2D eigenvalue weighted by Gasteiger charge is 2.15. The van der Waals surface area contributed by atoms with Crippen molar-refractivity contribution in [1.82, 2.24) is 9.55 Å². The zero-order valence-corrected chi connectivity index (χ0v) is 11.2. The molecule has 2 rings (SSSR count). The first-order valence-electron chi connectivity index (χ1n) is 6.17. The predicted octanol–water partition coefficient (Wildman–Crippen LogP) is 2.88. The molecule has 0 unspecified atom stereocenters. The lowest BCUT2D eigenvalue weighted by Gasteiger charge is -2.12. The number of hydrogen-bond acceptors (Lipinski definition) is 3. The van der Waals surface area contributed by atoms with Crippen molar-refractivity contribution >= 4 is 5.97 Å². The molecule has 0 atom stereocenters. The molecule has 0 saturated carbocycles. The molecule has 0 spiro atoms. The lowest BCUT2D eigenvalue weighted by Crippen LogP contribution is -2.09. The molecular formula is C14H15FN2O3. The zero-order valence-electron chi connectivity index (χ0n) is 11.2. The molecule has 6 heteroatoms. The van der Waals surface area contributed by atoms with Crippen molar-refractivity contribution in [1.29, 1.82) is 0 Å². The molecule has 1 N–H and O–H groups in total. The number of nitrogens with zero attached hydrogens (tertiary/aromatic N) is 2. The summed E-state index contributed by atoms with van der Waals surface area (Å²) in [5.74, 6) is -1.01. The van der Waals surface area contributed by atoms with Gasteiger partial charge < -0.3 is 14.4 Å². The number of hydrogen-bond donors (Lipinski definition) is 1. The van der Waals surface area contributed by atoms with Crippen LogP contribution in [0.1, 0.15) is 36.2 Å². The summed E-state index contributed by atoms with van der Waals surface area (Å²) < 4.78 is 20.5. The van der Waals surface area contributed by atoms with Gasteiger partial charge in [-0.15, -0.1) is 0 Å². The molecule has 0 bridgehead atoms. The van der Waals surface area contributed by atoms with Crippen molar-refractivity contribution < 1.29 is 19.0 Å². The van der Waals surface area contributed by atoms with Gasteiger partial charge in [0.05, 0.1) is 0 Å². The first kappa shape index (κ1) is 14.0. The fourth-order valence-electron chi connectivity index (χ4n) is 1.79. The first-order chi connectivity index (χ1) is 9.49. The predicted molar refractivity (Wildman–Crippen MR) is 70.3 cm³/mol. The number of benzene rings is 1. The second-order valence-electron chi connectivity index (χ2n) is 4.57. The van der Waals surface area contributed by atoms with Gasteiger partial charge >= 0.3 is 5.97 Å². The number of carboxylic acid groups (broad SMARTS) is 1. The normalized spacial score (nSPS) is 10.8. The Bertz CT molecular complexity index is 623. The average molecular weight is 278 g/mol.